The van der Waals surface area contributed by atoms with Gasteiger partial charge in [0.05, 0.1) is 11.1 Å². The zero-order chi connectivity index (χ0) is 12.3. The monoisotopic (exact) mass is 243 g/mol. The molecule has 5 heteroatoms. The summed E-state index contributed by atoms with van der Waals surface area (Å²) >= 11 is 5.87. The number of aliphatic hydroxyl groups excluding tert-OH is 1. The van der Waals surface area contributed by atoms with Gasteiger partial charge in [-0.25, -0.2) is 4.98 Å². The number of halogens is 1. The number of aryl methyl sites for hydroxylation is 1. The molecule has 90 valence electrons. The third kappa shape index (κ3) is 3.33. The Morgan fingerprint density at radius 2 is 2.19 bits per heavy atom. The van der Waals surface area contributed by atoms with Crippen molar-refractivity contribution in [3.8, 4) is 0 Å². The fourth-order valence-electron chi connectivity index (χ4n) is 1.41. The predicted molar refractivity (Wildman–Crippen MR) is 66.5 cm³/mol. The minimum absolute atomic E-state index is 0.298. The molecule has 0 aliphatic heterocycles. The summed E-state index contributed by atoms with van der Waals surface area (Å²) in [6.45, 7) is 6.32. The first-order chi connectivity index (χ1) is 7.41. The lowest BCUT2D eigenvalue weighted by Gasteiger charge is -2.16. The second kappa shape index (κ2) is 5.48. The topological polar surface area (TPSA) is 71.2 Å². The van der Waals surface area contributed by atoms with Crippen LogP contribution in [-0.4, -0.2) is 22.7 Å². The van der Waals surface area contributed by atoms with Crippen molar-refractivity contribution in [1.29, 1.82) is 0 Å². The van der Waals surface area contributed by atoms with Crippen LogP contribution >= 0.6 is 11.6 Å². The highest BCUT2D eigenvalue weighted by molar-refractivity contribution is 6.32. The Kier molecular flexibility index (Phi) is 4.53. The quantitative estimate of drug-likeness (QED) is 0.752. The number of pyridine rings is 1. The second-order valence-corrected chi connectivity index (χ2v) is 4.52. The average Bonchev–Trinajstić information content (AvgIpc) is 2.20. The molecule has 0 saturated carbocycles. The first-order valence-corrected chi connectivity index (χ1v) is 5.63. The number of rotatable bonds is 4. The van der Waals surface area contributed by atoms with Gasteiger partial charge >= 0.3 is 0 Å². The Morgan fingerprint density at radius 1 is 1.56 bits per heavy atom. The number of aromatic nitrogens is 1. The Balaban J connectivity index is 2.82. The highest BCUT2D eigenvalue weighted by atomic mass is 35.5. The molecule has 0 aromatic carbocycles. The van der Waals surface area contributed by atoms with Crippen LogP contribution in [0.4, 0.5) is 5.82 Å². The minimum Gasteiger partial charge on any atom is -0.387 e. The predicted octanol–water partition coefficient (Wildman–Crippen LogP) is 1.66. The lowest BCUT2D eigenvalue weighted by Crippen LogP contribution is -2.28. The molecule has 0 fully saturated rings. The Labute approximate surface area is 101 Å². The molecule has 1 aromatic heterocycles. The molecule has 0 saturated heterocycles. The average molecular weight is 244 g/mol. The van der Waals surface area contributed by atoms with E-state index in [0.717, 1.165) is 0 Å². The summed E-state index contributed by atoms with van der Waals surface area (Å²) in [4.78, 5) is 4.08. The number of aliphatic hydroxyl groups is 1. The molecule has 4 N–H and O–H groups in total. The lowest BCUT2D eigenvalue weighted by molar-refractivity contribution is 0.170. The molecule has 0 radical (unpaired) electrons. The van der Waals surface area contributed by atoms with Crippen molar-refractivity contribution in [3.05, 3.63) is 22.3 Å². The van der Waals surface area contributed by atoms with Gasteiger partial charge in [-0.15, -0.1) is 0 Å². The van der Waals surface area contributed by atoms with Gasteiger partial charge in [0, 0.05) is 23.8 Å². The molecule has 4 nitrogen and oxygen atoms in total. The second-order valence-electron chi connectivity index (χ2n) is 4.11. The summed E-state index contributed by atoms with van der Waals surface area (Å²) in [7, 11) is 0. The van der Waals surface area contributed by atoms with Crippen LogP contribution in [0.5, 0.6) is 0 Å². The molecule has 1 atom stereocenters. The molecular weight excluding hydrogens is 226 g/mol. The molecular formula is C11H18ClN3O. The molecule has 0 unspecified atom stereocenters. The van der Waals surface area contributed by atoms with Gasteiger partial charge in [0.1, 0.15) is 5.82 Å². The van der Waals surface area contributed by atoms with Gasteiger partial charge in [-0.2, -0.15) is 0 Å². The maximum Gasteiger partial charge on any atom is 0.142 e. The summed E-state index contributed by atoms with van der Waals surface area (Å²) in [6, 6.07) is 2.00. The fourth-order valence-corrected chi connectivity index (χ4v) is 1.57. The zero-order valence-electron chi connectivity index (χ0n) is 9.79. The van der Waals surface area contributed by atoms with Crippen LogP contribution in [0.15, 0.2) is 6.07 Å². The van der Waals surface area contributed by atoms with E-state index in [9.17, 15) is 5.11 Å². The first-order valence-electron chi connectivity index (χ1n) is 5.25. The number of nitrogens with one attached hydrogen (secondary N) is 1. The van der Waals surface area contributed by atoms with E-state index in [1.165, 1.54) is 0 Å². The van der Waals surface area contributed by atoms with Gasteiger partial charge in [0.25, 0.3) is 0 Å². The number of anilines is 1. The van der Waals surface area contributed by atoms with E-state index in [-0.39, 0.29) is 0 Å². The molecule has 1 heterocycles. The minimum atomic E-state index is -0.618. The number of hydrogen-bond donors (Lipinski definition) is 3. The number of nitrogens with two attached hydrogens (primary N) is 1. The van der Waals surface area contributed by atoms with Crippen molar-refractivity contribution in [2.75, 3.05) is 12.3 Å². The Morgan fingerprint density at radius 3 is 2.75 bits per heavy atom. The fraction of sp³-hybridized carbons (Fsp3) is 0.545. The van der Waals surface area contributed by atoms with Crippen molar-refractivity contribution in [2.45, 2.75) is 32.9 Å². The van der Waals surface area contributed by atoms with E-state index in [2.05, 4.69) is 10.3 Å². The Bertz CT molecular complexity index is 368. The van der Waals surface area contributed by atoms with Crippen LogP contribution in [0.2, 0.25) is 5.02 Å². The van der Waals surface area contributed by atoms with Crippen LogP contribution in [0, 0.1) is 6.92 Å². The summed E-state index contributed by atoms with van der Waals surface area (Å²) in [6.07, 6.45) is -0.618. The maximum atomic E-state index is 9.96. The highest BCUT2D eigenvalue weighted by Crippen LogP contribution is 2.24. The molecule has 0 amide bonds. The van der Waals surface area contributed by atoms with Crippen LogP contribution in [0.25, 0.3) is 0 Å². The molecule has 0 spiro atoms. The van der Waals surface area contributed by atoms with Gasteiger partial charge < -0.3 is 16.2 Å². The van der Waals surface area contributed by atoms with E-state index in [0.29, 0.717) is 34.7 Å². The van der Waals surface area contributed by atoms with E-state index >= 15 is 0 Å². The summed E-state index contributed by atoms with van der Waals surface area (Å²) < 4.78 is 0. The SMILES string of the molecule is Cc1nc(N)c(Cl)cc1[C@@H](O)CNC(C)C. The van der Waals surface area contributed by atoms with Crippen LogP contribution in [0.3, 0.4) is 0 Å². The van der Waals surface area contributed by atoms with E-state index in [1.807, 2.05) is 13.8 Å². The van der Waals surface area contributed by atoms with Gasteiger partial charge in [0.2, 0.25) is 0 Å². The van der Waals surface area contributed by atoms with Crippen LogP contribution in [0.1, 0.15) is 31.2 Å². The molecule has 1 aromatic rings. The van der Waals surface area contributed by atoms with Gasteiger partial charge in [-0.3, -0.25) is 0 Å². The smallest absolute Gasteiger partial charge is 0.142 e. The van der Waals surface area contributed by atoms with Gasteiger partial charge in [-0.05, 0) is 13.0 Å². The van der Waals surface area contributed by atoms with Crippen molar-refractivity contribution < 1.29 is 5.11 Å². The third-order valence-electron chi connectivity index (χ3n) is 2.31. The summed E-state index contributed by atoms with van der Waals surface area (Å²) in [5.41, 5.74) is 6.99. The molecule has 0 bridgehead atoms. The summed E-state index contributed by atoms with van der Waals surface area (Å²) in [5.74, 6) is 0.298. The Hall–Kier alpha value is -0.840. The normalized spacial score (nSPS) is 13.1. The number of hydrogen-bond acceptors (Lipinski definition) is 4. The van der Waals surface area contributed by atoms with Gasteiger partial charge in [-0.1, -0.05) is 25.4 Å². The van der Waals surface area contributed by atoms with Gasteiger partial charge in [0.15, 0.2) is 0 Å². The van der Waals surface area contributed by atoms with Crippen molar-refractivity contribution in [2.24, 2.45) is 0 Å². The molecule has 0 aliphatic rings. The zero-order valence-corrected chi connectivity index (χ0v) is 10.5. The number of nitrogen functional groups attached to an aromatic ring is 1. The molecule has 16 heavy (non-hydrogen) atoms. The standard InChI is InChI=1S/C11H18ClN3O/c1-6(2)14-5-10(16)8-4-9(12)11(13)15-7(8)3/h4,6,10,14,16H,5H2,1-3H3,(H2,13,15)/t10-/m0/s1. The number of nitrogens with zero attached hydrogens (tertiary/aromatic N) is 1. The maximum absolute atomic E-state index is 9.96. The third-order valence-corrected chi connectivity index (χ3v) is 2.61. The van der Waals surface area contributed by atoms with Crippen molar-refractivity contribution in [1.82, 2.24) is 10.3 Å². The van der Waals surface area contributed by atoms with Crippen molar-refractivity contribution in [3.63, 3.8) is 0 Å². The lowest BCUT2D eigenvalue weighted by atomic mass is 10.1. The van der Waals surface area contributed by atoms with E-state index in [1.54, 1.807) is 13.0 Å². The summed E-state index contributed by atoms with van der Waals surface area (Å²) in [5, 5.41) is 13.5. The molecule has 0 aliphatic carbocycles. The van der Waals surface area contributed by atoms with E-state index in [4.69, 9.17) is 17.3 Å². The first kappa shape index (κ1) is 13.2. The largest absolute Gasteiger partial charge is 0.387 e. The van der Waals surface area contributed by atoms with E-state index < -0.39 is 6.10 Å². The molecule has 1 rings (SSSR count). The van der Waals surface area contributed by atoms with Crippen molar-refractivity contribution >= 4 is 17.4 Å². The van der Waals surface area contributed by atoms with Crippen LogP contribution < -0.4 is 11.1 Å². The highest BCUT2D eigenvalue weighted by Gasteiger charge is 2.13. The van der Waals surface area contributed by atoms with Crippen LogP contribution in [-0.2, 0) is 0 Å².